The third kappa shape index (κ3) is 3.97. The lowest BCUT2D eigenvalue weighted by Gasteiger charge is -2.21. The number of thioether (sulfide) groups is 1. The summed E-state index contributed by atoms with van der Waals surface area (Å²) in [6, 6.07) is 18.2. The van der Waals surface area contributed by atoms with E-state index >= 15 is 0 Å². The van der Waals surface area contributed by atoms with Gasteiger partial charge < -0.3 is 14.5 Å². The maximum atomic E-state index is 12.7. The van der Waals surface area contributed by atoms with E-state index in [1.54, 1.807) is 35.4 Å². The zero-order valence-corrected chi connectivity index (χ0v) is 13.7. The van der Waals surface area contributed by atoms with E-state index in [1.165, 1.54) is 18.0 Å². The molecule has 1 aromatic carbocycles. The number of nitrogens with zero attached hydrogens (tertiary/aromatic N) is 2. The highest BCUT2D eigenvalue weighted by atomic mass is 32.2. The van der Waals surface area contributed by atoms with Crippen molar-refractivity contribution in [1.29, 1.82) is 0 Å². The number of carbonyl (C=O) groups excluding carboxylic acids is 1. The molecule has 0 unspecified atom stereocenters. The lowest BCUT2D eigenvalue weighted by molar-refractivity contribution is -0.645. The molecule has 0 atom stereocenters. The summed E-state index contributed by atoms with van der Waals surface area (Å²) in [5.74, 6) is 0.782. The summed E-state index contributed by atoms with van der Waals surface area (Å²) in [4.78, 5) is 14.4. The summed E-state index contributed by atoms with van der Waals surface area (Å²) < 4.78 is 6.12. The predicted molar refractivity (Wildman–Crippen MR) is 92.5 cm³/mol. The first-order chi connectivity index (χ1) is 11.7. The molecule has 122 valence electrons. The minimum Gasteiger partial charge on any atom is -0.618 e. The van der Waals surface area contributed by atoms with Gasteiger partial charge in [-0.05, 0) is 42.1 Å². The number of rotatable bonds is 6. The van der Waals surface area contributed by atoms with Gasteiger partial charge in [0.1, 0.15) is 5.76 Å². The average molecular weight is 340 g/mol. The zero-order valence-electron chi connectivity index (χ0n) is 12.9. The van der Waals surface area contributed by atoms with Crippen LogP contribution in [0.2, 0.25) is 0 Å². The van der Waals surface area contributed by atoms with Crippen LogP contribution in [0.1, 0.15) is 5.76 Å². The predicted octanol–water partition coefficient (Wildman–Crippen LogP) is 3.24. The van der Waals surface area contributed by atoms with E-state index < -0.39 is 0 Å². The Balaban J connectivity index is 1.75. The van der Waals surface area contributed by atoms with Gasteiger partial charge in [-0.3, -0.25) is 4.79 Å². The van der Waals surface area contributed by atoms with Crippen LogP contribution in [0.15, 0.2) is 82.6 Å². The van der Waals surface area contributed by atoms with Gasteiger partial charge in [0.05, 0.1) is 18.6 Å². The topological polar surface area (TPSA) is 60.4 Å². The Labute approximate surface area is 144 Å². The molecule has 0 spiro atoms. The monoisotopic (exact) mass is 340 g/mol. The molecule has 24 heavy (non-hydrogen) atoms. The Kier molecular flexibility index (Phi) is 5.18. The number of furan rings is 1. The van der Waals surface area contributed by atoms with Gasteiger partial charge in [0, 0.05) is 17.8 Å². The average Bonchev–Trinajstić information content (AvgIpc) is 3.13. The second-order valence-corrected chi connectivity index (χ2v) is 6.04. The first-order valence-corrected chi connectivity index (χ1v) is 8.41. The van der Waals surface area contributed by atoms with Crippen molar-refractivity contribution in [3.63, 3.8) is 0 Å². The van der Waals surface area contributed by atoms with Crippen molar-refractivity contribution in [3.8, 4) is 0 Å². The van der Waals surface area contributed by atoms with E-state index in [4.69, 9.17) is 4.42 Å². The quantitative estimate of drug-likeness (QED) is 0.393. The van der Waals surface area contributed by atoms with Crippen molar-refractivity contribution in [2.24, 2.45) is 0 Å². The molecule has 1 amide bonds. The van der Waals surface area contributed by atoms with Crippen molar-refractivity contribution in [1.82, 2.24) is 0 Å². The third-order valence-electron chi connectivity index (χ3n) is 3.40. The van der Waals surface area contributed by atoms with E-state index in [0.717, 1.165) is 10.4 Å². The minimum atomic E-state index is -0.0912. The second-order valence-electron chi connectivity index (χ2n) is 5.05. The van der Waals surface area contributed by atoms with Gasteiger partial charge >= 0.3 is 0 Å². The lowest BCUT2D eigenvalue weighted by Crippen LogP contribution is -2.33. The summed E-state index contributed by atoms with van der Waals surface area (Å²) in [6.07, 6.45) is 3.01. The number of pyridine rings is 1. The Morgan fingerprint density at radius 2 is 1.88 bits per heavy atom. The zero-order chi connectivity index (χ0) is 16.8. The third-order valence-corrected chi connectivity index (χ3v) is 4.40. The van der Waals surface area contributed by atoms with Crippen LogP contribution in [0.5, 0.6) is 0 Å². The van der Waals surface area contributed by atoms with Crippen molar-refractivity contribution in [3.05, 3.63) is 84.1 Å². The number of amides is 1. The van der Waals surface area contributed by atoms with Crippen LogP contribution in [0.4, 0.5) is 5.69 Å². The summed E-state index contributed by atoms with van der Waals surface area (Å²) in [5, 5.41) is 12.2. The van der Waals surface area contributed by atoms with E-state index in [1.807, 2.05) is 36.4 Å². The van der Waals surface area contributed by atoms with Gasteiger partial charge in [0.25, 0.3) is 5.03 Å². The molecule has 5 nitrogen and oxygen atoms in total. The van der Waals surface area contributed by atoms with E-state index in [9.17, 15) is 10.0 Å². The number of hydrogen-bond donors (Lipinski definition) is 0. The SMILES string of the molecule is O=C(CSc1cccc[n+]1[O-])N(Cc1ccco1)c1ccccc1. The Morgan fingerprint density at radius 3 is 2.58 bits per heavy atom. The molecule has 0 N–H and O–H groups in total. The number of para-hydroxylation sites is 1. The highest BCUT2D eigenvalue weighted by Crippen LogP contribution is 2.20. The molecule has 0 radical (unpaired) electrons. The highest BCUT2D eigenvalue weighted by Gasteiger charge is 2.19. The smallest absolute Gasteiger partial charge is 0.251 e. The molecule has 0 saturated heterocycles. The van der Waals surface area contributed by atoms with Crippen molar-refractivity contribution in [2.45, 2.75) is 11.6 Å². The fourth-order valence-electron chi connectivity index (χ4n) is 2.23. The summed E-state index contributed by atoms with van der Waals surface area (Å²) in [5.41, 5.74) is 0.794. The molecule has 2 aromatic heterocycles. The molecule has 3 rings (SSSR count). The first kappa shape index (κ1) is 16.1. The number of anilines is 1. The van der Waals surface area contributed by atoms with Crippen LogP contribution in [0, 0.1) is 5.21 Å². The van der Waals surface area contributed by atoms with Gasteiger partial charge in [-0.2, -0.15) is 4.73 Å². The van der Waals surface area contributed by atoms with Gasteiger partial charge in [-0.1, -0.05) is 18.2 Å². The molecule has 0 aliphatic rings. The van der Waals surface area contributed by atoms with Crippen LogP contribution in [-0.4, -0.2) is 11.7 Å². The van der Waals surface area contributed by atoms with Crippen LogP contribution >= 0.6 is 11.8 Å². The lowest BCUT2D eigenvalue weighted by atomic mass is 10.2. The Bertz CT molecular complexity index is 791. The van der Waals surface area contributed by atoms with E-state index in [0.29, 0.717) is 17.3 Å². The van der Waals surface area contributed by atoms with Gasteiger partial charge in [0.2, 0.25) is 5.91 Å². The standard InChI is InChI=1S/C18H16N2O3S/c21-17(14-24-18-10-4-5-11-20(18)22)19(13-16-9-6-12-23-16)15-7-2-1-3-8-15/h1-12H,13-14H2. The van der Waals surface area contributed by atoms with Crippen LogP contribution < -0.4 is 9.63 Å². The fraction of sp³-hybridized carbons (Fsp3) is 0.111. The van der Waals surface area contributed by atoms with Crippen LogP contribution in [0.25, 0.3) is 0 Å². The summed E-state index contributed by atoms with van der Waals surface area (Å²) in [7, 11) is 0. The molecular formula is C18H16N2O3S. The summed E-state index contributed by atoms with van der Waals surface area (Å²) in [6.45, 7) is 0.350. The second kappa shape index (κ2) is 7.70. The number of benzene rings is 1. The van der Waals surface area contributed by atoms with Gasteiger partial charge in [-0.15, -0.1) is 0 Å². The fourth-order valence-corrected chi connectivity index (χ4v) is 3.02. The van der Waals surface area contributed by atoms with Crippen LogP contribution in [-0.2, 0) is 11.3 Å². The van der Waals surface area contributed by atoms with Gasteiger partial charge in [0.15, 0.2) is 6.20 Å². The largest absolute Gasteiger partial charge is 0.618 e. The normalized spacial score (nSPS) is 10.5. The van der Waals surface area contributed by atoms with E-state index in [-0.39, 0.29) is 11.7 Å². The molecular weight excluding hydrogens is 324 g/mol. The van der Waals surface area contributed by atoms with Crippen molar-refractivity contribution in [2.75, 3.05) is 10.7 Å². The molecule has 0 fully saturated rings. The molecule has 0 aliphatic heterocycles. The Morgan fingerprint density at radius 1 is 1.08 bits per heavy atom. The molecule has 2 heterocycles. The molecule has 0 bridgehead atoms. The Hall–Kier alpha value is -2.73. The number of carbonyl (C=O) groups is 1. The number of aromatic nitrogens is 1. The van der Waals surface area contributed by atoms with Gasteiger partial charge in [-0.25, -0.2) is 0 Å². The van der Waals surface area contributed by atoms with Crippen LogP contribution in [0.3, 0.4) is 0 Å². The van der Waals surface area contributed by atoms with Crippen molar-refractivity contribution < 1.29 is 13.9 Å². The maximum absolute atomic E-state index is 12.7. The highest BCUT2D eigenvalue weighted by molar-refractivity contribution is 7.99. The first-order valence-electron chi connectivity index (χ1n) is 7.43. The summed E-state index contributed by atoms with van der Waals surface area (Å²) >= 11 is 1.22. The molecule has 6 heteroatoms. The molecule has 3 aromatic rings. The van der Waals surface area contributed by atoms with E-state index in [2.05, 4.69) is 0 Å². The molecule has 0 saturated carbocycles. The number of hydrogen-bond acceptors (Lipinski definition) is 4. The molecule has 0 aliphatic carbocycles. The maximum Gasteiger partial charge on any atom is 0.251 e. The van der Waals surface area contributed by atoms with Crippen molar-refractivity contribution >= 4 is 23.4 Å². The minimum absolute atomic E-state index is 0.0912.